The Kier molecular flexibility index (Phi) is 5.88. The molecule has 194 valence electrons. The van der Waals surface area contributed by atoms with Crippen LogP contribution < -0.4 is 15.9 Å². The van der Waals surface area contributed by atoms with Crippen LogP contribution in [0.25, 0.3) is 11.0 Å². The molecule has 1 N–H and O–H groups in total. The van der Waals surface area contributed by atoms with Gasteiger partial charge < -0.3 is 14.5 Å². The monoisotopic (exact) mass is 497 g/mol. The largest absolute Gasteiger partial charge is 0.444 e. The molecule has 3 amide bonds. The van der Waals surface area contributed by atoms with Crippen LogP contribution in [0.15, 0.2) is 23.0 Å². The van der Waals surface area contributed by atoms with E-state index < -0.39 is 17.6 Å². The van der Waals surface area contributed by atoms with Gasteiger partial charge in [-0.05, 0) is 70.1 Å². The Labute approximate surface area is 210 Å². The predicted molar refractivity (Wildman–Crippen MR) is 135 cm³/mol. The van der Waals surface area contributed by atoms with Crippen LogP contribution in [0, 0.1) is 5.41 Å². The summed E-state index contributed by atoms with van der Waals surface area (Å²) in [5, 5.41) is 2.35. The van der Waals surface area contributed by atoms with Gasteiger partial charge >= 0.3 is 11.8 Å². The highest BCUT2D eigenvalue weighted by atomic mass is 16.6. The summed E-state index contributed by atoms with van der Waals surface area (Å²) in [6, 6.07) is 5.23. The fraction of sp³-hybridized carbons (Fsp3) is 0.615. The number of carbonyl (C=O) groups is 3. The number of piperidine rings is 2. The van der Waals surface area contributed by atoms with Gasteiger partial charge in [-0.1, -0.05) is 0 Å². The number of hydrogen-bond acceptors (Lipinski definition) is 6. The molecule has 1 aromatic heterocycles. The average molecular weight is 498 g/mol. The van der Waals surface area contributed by atoms with Crippen molar-refractivity contribution in [3.63, 3.8) is 0 Å². The third kappa shape index (κ3) is 4.37. The number of hydrogen-bond donors (Lipinski definition) is 1. The SMILES string of the molecule is Cn1c(=O)n(C2CCC(=O)NC2=O)c2ccc(N3CCC4(CCN(C(=O)OC(C)(C)C)C4)CC3)cc21. The molecule has 0 aliphatic carbocycles. The molecule has 3 aliphatic heterocycles. The summed E-state index contributed by atoms with van der Waals surface area (Å²) < 4.78 is 8.65. The Morgan fingerprint density at radius 3 is 2.42 bits per heavy atom. The maximum atomic E-state index is 13.0. The number of amides is 3. The number of aromatic nitrogens is 2. The lowest BCUT2D eigenvalue weighted by Gasteiger charge is -2.40. The highest BCUT2D eigenvalue weighted by molar-refractivity contribution is 6.00. The van der Waals surface area contributed by atoms with E-state index in [2.05, 4.69) is 10.2 Å². The molecule has 1 unspecified atom stereocenters. The van der Waals surface area contributed by atoms with Gasteiger partial charge in [0.15, 0.2) is 0 Å². The van der Waals surface area contributed by atoms with Gasteiger partial charge in [0, 0.05) is 45.3 Å². The van der Waals surface area contributed by atoms with Gasteiger partial charge in [-0.3, -0.25) is 24.0 Å². The number of likely N-dealkylation sites (tertiary alicyclic amines) is 1. The van der Waals surface area contributed by atoms with E-state index in [0.29, 0.717) is 11.9 Å². The molecule has 1 atom stereocenters. The van der Waals surface area contributed by atoms with Crippen LogP contribution in [0.3, 0.4) is 0 Å². The molecule has 2 aromatic rings. The van der Waals surface area contributed by atoms with Gasteiger partial charge in [-0.15, -0.1) is 0 Å². The molecule has 5 rings (SSSR count). The molecule has 1 aromatic carbocycles. The van der Waals surface area contributed by atoms with E-state index >= 15 is 0 Å². The zero-order valence-corrected chi connectivity index (χ0v) is 21.5. The van der Waals surface area contributed by atoms with Gasteiger partial charge in [0.05, 0.1) is 11.0 Å². The molecule has 0 bridgehead atoms. The molecule has 3 fully saturated rings. The first-order valence-corrected chi connectivity index (χ1v) is 12.7. The van der Waals surface area contributed by atoms with Crippen LogP contribution in [-0.2, 0) is 21.4 Å². The molecule has 10 heteroatoms. The van der Waals surface area contributed by atoms with E-state index in [0.717, 1.165) is 56.6 Å². The number of fused-ring (bicyclic) bond motifs is 1. The van der Waals surface area contributed by atoms with E-state index in [4.69, 9.17) is 4.74 Å². The molecule has 0 saturated carbocycles. The number of nitrogens with one attached hydrogen (secondary N) is 1. The minimum atomic E-state index is -0.685. The van der Waals surface area contributed by atoms with E-state index in [1.54, 1.807) is 11.6 Å². The Bertz CT molecular complexity index is 1280. The summed E-state index contributed by atoms with van der Waals surface area (Å²) in [4.78, 5) is 53.8. The Morgan fingerprint density at radius 2 is 1.75 bits per heavy atom. The van der Waals surface area contributed by atoms with Crippen LogP contribution in [0.1, 0.15) is 58.9 Å². The standard InChI is InChI=1S/C26H35N5O5/c1-25(2,3)36-24(35)30-14-11-26(16-30)9-12-29(13-10-26)17-5-6-18-20(15-17)28(4)23(34)31(18)19-7-8-21(32)27-22(19)33/h5-6,15,19H,7-14,16H2,1-4H3,(H,27,32,33). The zero-order chi connectivity index (χ0) is 25.8. The number of anilines is 1. The average Bonchev–Trinajstić information content (AvgIpc) is 3.33. The summed E-state index contributed by atoms with van der Waals surface area (Å²) in [6.07, 6.45) is 3.27. The first-order valence-electron chi connectivity index (χ1n) is 12.7. The fourth-order valence-electron chi connectivity index (χ4n) is 5.84. The van der Waals surface area contributed by atoms with Gasteiger partial charge in [-0.2, -0.15) is 0 Å². The van der Waals surface area contributed by atoms with Crippen molar-refractivity contribution >= 4 is 34.6 Å². The minimum absolute atomic E-state index is 0.124. The van der Waals surface area contributed by atoms with Crippen molar-refractivity contribution in [3.8, 4) is 0 Å². The summed E-state index contributed by atoms with van der Waals surface area (Å²) in [6.45, 7) is 8.88. The molecule has 0 radical (unpaired) electrons. The second-order valence-electron chi connectivity index (χ2n) is 11.5. The van der Waals surface area contributed by atoms with Crippen molar-refractivity contribution in [1.82, 2.24) is 19.4 Å². The van der Waals surface area contributed by atoms with Crippen LogP contribution in [0.2, 0.25) is 0 Å². The van der Waals surface area contributed by atoms with E-state index in [1.807, 2.05) is 43.9 Å². The normalized spacial score (nSPS) is 22.4. The number of benzene rings is 1. The lowest BCUT2D eigenvalue weighted by Crippen LogP contribution is -2.44. The number of imidazole rings is 1. The third-order valence-corrected chi connectivity index (χ3v) is 7.87. The lowest BCUT2D eigenvalue weighted by atomic mass is 9.77. The van der Waals surface area contributed by atoms with E-state index in [-0.39, 0.29) is 29.5 Å². The predicted octanol–water partition coefficient (Wildman–Crippen LogP) is 2.55. The Morgan fingerprint density at radius 1 is 1.06 bits per heavy atom. The van der Waals surface area contributed by atoms with Crippen LogP contribution in [0.4, 0.5) is 10.5 Å². The highest BCUT2D eigenvalue weighted by Crippen LogP contribution is 2.42. The zero-order valence-electron chi connectivity index (χ0n) is 21.5. The first kappa shape index (κ1) is 24.4. The Balaban J connectivity index is 1.31. The molecule has 4 heterocycles. The number of imide groups is 1. The van der Waals surface area contributed by atoms with Crippen molar-refractivity contribution in [2.75, 3.05) is 31.1 Å². The van der Waals surface area contributed by atoms with E-state index in [1.165, 1.54) is 4.57 Å². The summed E-state index contributed by atoms with van der Waals surface area (Å²) in [7, 11) is 1.71. The number of aryl methyl sites for hydroxylation is 1. The molecular formula is C26H35N5O5. The van der Waals surface area contributed by atoms with Crippen LogP contribution >= 0.6 is 0 Å². The van der Waals surface area contributed by atoms with Crippen molar-refractivity contribution in [1.29, 1.82) is 0 Å². The molecule has 1 spiro atoms. The van der Waals surface area contributed by atoms with Crippen LogP contribution in [0.5, 0.6) is 0 Å². The van der Waals surface area contributed by atoms with Crippen molar-refractivity contribution in [3.05, 3.63) is 28.7 Å². The van der Waals surface area contributed by atoms with Gasteiger partial charge in [0.25, 0.3) is 0 Å². The molecule has 3 saturated heterocycles. The molecular weight excluding hydrogens is 462 g/mol. The first-order chi connectivity index (χ1) is 17.0. The van der Waals surface area contributed by atoms with Crippen molar-refractivity contribution in [2.45, 2.75) is 64.5 Å². The number of carbonyl (C=O) groups excluding carboxylic acids is 3. The highest BCUT2D eigenvalue weighted by Gasteiger charge is 2.43. The number of rotatable bonds is 2. The molecule has 10 nitrogen and oxygen atoms in total. The number of ether oxygens (including phenoxy) is 1. The summed E-state index contributed by atoms with van der Waals surface area (Å²) >= 11 is 0. The topological polar surface area (TPSA) is 106 Å². The summed E-state index contributed by atoms with van der Waals surface area (Å²) in [5.41, 5.74) is 1.86. The van der Waals surface area contributed by atoms with Crippen molar-refractivity contribution in [2.24, 2.45) is 12.5 Å². The van der Waals surface area contributed by atoms with Crippen molar-refractivity contribution < 1.29 is 19.1 Å². The smallest absolute Gasteiger partial charge is 0.410 e. The van der Waals surface area contributed by atoms with Crippen LogP contribution in [-0.4, -0.2) is 63.7 Å². The van der Waals surface area contributed by atoms with Gasteiger partial charge in [-0.25, -0.2) is 9.59 Å². The lowest BCUT2D eigenvalue weighted by molar-refractivity contribution is -0.135. The Hall–Kier alpha value is -3.30. The maximum Gasteiger partial charge on any atom is 0.410 e. The molecule has 36 heavy (non-hydrogen) atoms. The molecule has 3 aliphatic rings. The fourth-order valence-corrected chi connectivity index (χ4v) is 5.84. The maximum absolute atomic E-state index is 13.0. The second-order valence-corrected chi connectivity index (χ2v) is 11.5. The second kappa shape index (κ2) is 8.67. The third-order valence-electron chi connectivity index (χ3n) is 7.87. The summed E-state index contributed by atoms with van der Waals surface area (Å²) in [5.74, 6) is -0.727. The number of nitrogens with zero attached hydrogens (tertiary/aromatic N) is 4. The quantitative estimate of drug-likeness (QED) is 0.640. The van der Waals surface area contributed by atoms with E-state index in [9.17, 15) is 19.2 Å². The minimum Gasteiger partial charge on any atom is -0.444 e. The van der Waals surface area contributed by atoms with Gasteiger partial charge in [0.1, 0.15) is 11.6 Å². The van der Waals surface area contributed by atoms with Gasteiger partial charge in [0.2, 0.25) is 11.8 Å².